The minimum absolute atomic E-state index is 0.236. The van der Waals surface area contributed by atoms with Crippen LogP contribution in [0.2, 0.25) is 0 Å². The fourth-order valence-electron chi connectivity index (χ4n) is 2.51. The van der Waals surface area contributed by atoms with Crippen molar-refractivity contribution in [1.82, 2.24) is 20.5 Å². The van der Waals surface area contributed by atoms with Crippen molar-refractivity contribution in [2.24, 2.45) is 0 Å². The zero-order valence-electron chi connectivity index (χ0n) is 16.0. The predicted molar refractivity (Wildman–Crippen MR) is 104 cm³/mol. The van der Waals surface area contributed by atoms with E-state index in [-0.39, 0.29) is 11.8 Å². The number of pyridine rings is 1. The van der Waals surface area contributed by atoms with Crippen LogP contribution in [0.1, 0.15) is 32.7 Å². The van der Waals surface area contributed by atoms with E-state index in [0.29, 0.717) is 30.0 Å². The van der Waals surface area contributed by atoms with Gasteiger partial charge in [-0.25, -0.2) is 0 Å². The Morgan fingerprint density at radius 2 is 1.74 bits per heavy atom. The van der Waals surface area contributed by atoms with Gasteiger partial charge >= 0.3 is 0 Å². The molecule has 0 atom stereocenters. The molecular formula is C20H26N4O3. The van der Waals surface area contributed by atoms with E-state index in [1.807, 2.05) is 38.4 Å². The van der Waals surface area contributed by atoms with Gasteiger partial charge in [0.2, 0.25) is 0 Å². The minimum atomic E-state index is -0.296. The summed E-state index contributed by atoms with van der Waals surface area (Å²) in [5.74, 6) is 0.179. The van der Waals surface area contributed by atoms with Crippen molar-refractivity contribution in [1.29, 1.82) is 0 Å². The van der Waals surface area contributed by atoms with Gasteiger partial charge in [0.1, 0.15) is 5.75 Å². The lowest BCUT2D eigenvalue weighted by molar-refractivity contribution is 0.0950. The van der Waals surface area contributed by atoms with Crippen molar-refractivity contribution >= 4 is 11.8 Å². The normalized spacial score (nSPS) is 10.5. The second-order valence-electron chi connectivity index (χ2n) is 6.37. The number of aromatic nitrogens is 1. The van der Waals surface area contributed by atoms with Gasteiger partial charge in [-0.3, -0.25) is 14.6 Å². The van der Waals surface area contributed by atoms with E-state index in [4.69, 9.17) is 4.74 Å². The van der Waals surface area contributed by atoms with E-state index < -0.39 is 0 Å². The molecular weight excluding hydrogens is 344 g/mol. The molecule has 1 aromatic carbocycles. The summed E-state index contributed by atoms with van der Waals surface area (Å²) in [6.45, 7) is 1.79. The molecule has 2 aromatic rings. The van der Waals surface area contributed by atoms with Gasteiger partial charge in [-0.15, -0.1) is 0 Å². The lowest BCUT2D eigenvalue weighted by atomic mass is 10.1. The first-order valence-corrected chi connectivity index (χ1v) is 8.79. The molecule has 0 saturated heterocycles. The number of nitrogens with one attached hydrogen (secondary N) is 2. The van der Waals surface area contributed by atoms with Gasteiger partial charge < -0.3 is 20.3 Å². The summed E-state index contributed by atoms with van der Waals surface area (Å²) in [6.07, 6.45) is 3.75. The molecule has 0 radical (unpaired) electrons. The maximum atomic E-state index is 12.4. The smallest absolute Gasteiger partial charge is 0.253 e. The molecule has 0 bridgehead atoms. The predicted octanol–water partition coefficient (Wildman–Crippen LogP) is 1.70. The van der Waals surface area contributed by atoms with Crippen molar-refractivity contribution in [3.05, 3.63) is 59.4 Å². The fraction of sp³-hybridized carbons (Fsp3) is 0.350. The van der Waals surface area contributed by atoms with Crippen LogP contribution in [0.4, 0.5) is 0 Å². The molecule has 2 amide bonds. The molecule has 7 heteroatoms. The fourth-order valence-corrected chi connectivity index (χ4v) is 2.51. The van der Waals surface area contributed by atoms with Crippen molar-refractivity contribution in [3.8, 4) is 5.75 Å². The van der Waals surface area contributed by atoms with E-state index in [0.717, 1.165) is 18.5 Å². The summed E-state index contributed by atoms with van der Waals surface area (Å²) < 4.78 is 5.28. The largest absolute Gasteiger partial charge is 0.496 e. The van der Waals surface area contributed by atoms with Crippen molar-refractivity contribution in [3.63, 3.8) is 0 Å². The molecule has 2 rings (SSSR count). The number of rotatable bonds is 9. The highest BCUT2D eigenvalue weighted by Crippen LogP contribution is 2.16. The Labute approximate surface area is 159 Å². The molecule has 0 spiro atoms. The summed E-state index contributed by atoms with van der Waals surface area (Å²) in [4.78, 5) is 30.7. The lowest BCUT2D eigenvalue weighted by Gasteiger charge is -2.11. The van der Waals surface area contributed by atoms with Gasteiger partial charge in [0.15, 0.2) is 0 Å². The number of para-hydroxylation sites is 1. The monoisotopic (exact) mass is 370 g/mol. The SMILES string of the molecule is COc1ccccc1CNC(=O)c1cncc(C(=O)NCCCN(C)C)c1. The number of ether oxygens (including phenoxy) is 1. The Kier molecular flexibility index (Phi) is 7.76. The van der Waals surface area contributed by atoms with Crippen LogP contribution >= 0.6 is 0 Å². The summed E-state index contributed by atoms with van der Waals surface area (Å²) in [5.41, 5.74) is 1.58. The molecule has 1 heterocycles. The van der Waals surface area contributed by atoms with E-state index in [9.17, 15) is 9.59 Å². The van der Waals surface area contributed by atoms with E-state index in [2.05, 4.69) is 20.5 Å². The van der Waals surface area contributed by atoms with Crippen LogP contribution in [0.15, 0.2) is 42.7 Å². The Balaban J connectivity index is 1.93. The van der Waals surface area contributed by atoms with Crippen LogP contribution in [0.3, 0.4) is 0 Å². The molecule has 0 saturated carbocycles. The van der Waals surface area contributed by atoms with Gasteiger partial charge in [0.25, 0.3) is 11.8 Å². The molecule has 0 unspecified atom stereocenters. The highest BCUT2D eigenvalue weighted by atomic mass is 16.5. The number of nitrogens with zero attached hydrogens (tertiary/aromatic N) is 2. The molecule has 1 aromatic heterocycles. The van der Waals surface area contributed by atoms with Crippen LogP contribution < -0.4 is 15.4 Å². The standard InChI is InChI=1S/C20H26N4O3/c1-24(2)10-6-9-22-19(25)16-11-17(13-21-12-16)20(26)23-14-15-7-4-5-8-18(15)27-3/h4-5,7-8,11-13H,6,9-10,14H2,1-3H3,(H,22,25)(H,23,26). The number of methoxy groups -OCH3 is 1. The molecule has 2 N–H and O–H groups in total. The second kappa shape index (κ2) is 10.3. The van der Waals surface area contributed by atoms with E-state index in [1.54, 1.807) is 13.2 Å². The van der Waals surface area contributed by atoms with Crippen LogP contribution in [0.5, 0.6) is 5.75 Å². The molecule has 7 nitrogen and oxygen atoms in total. The molecule has 27 heavy (non-hydrogen) atoms. The third kappa shape index (κ3) is 6.38. The van der Waals surface area contributed by atoms with Gasteiger partial charge in [0, 0.05) is 31.0 Å². The zero-order valence-corrected chi connectivity index (χ0v) is 16.0. The van der Waals surface area contributed by atoms with Crippen LogP contribution in [-0.2, 0) is 6.54 Å². The first kappa shape index (κ1) is 20.4. The van der Waals surface area contributed by atoms with Gasteiger partial charge in [-0.05, 0) is 39.2 Å². The van der Waals surface area contributed by atoms with E-state index >= 15 is 0 Å². The van der Waals surface area contributed by atoms with Crippen LogP contribution in [0, 0.1) is 0 Å². The summed E-state index contributed by atoms with van der Waals surface area (Å²) in [7, 11) is 5.56. The number of hydrogen-bond donors (Lipinski definition) is 2. The first-order chi connectivity index (χ1) is 13.0. The topological polar surface area (TPSA) is 83.6 Å². The quantitative estimate of drug-likeness (QED) is 0.657. The number of amides is 2. The minimum Gasteiger partial charge on any atom is -0.496 e. The van der Waals surface area contributed by atoms with Gasteiger partial charge in [-0.1, -0.05) is 18.2 Å². The lowest BCUT2D eigenvalue weighted by Crippen LogP contribution is -2.28. The Hall–Kier alpha value is -2.93. The zero-order chi connectivity index (χ0) is 19.6. The third-order valence-corrected chi connectivity index (χ3v) is 3.96. The van der Waals surface area contributed by atoms with Crippen molar-refractivity contribution in [2.45, 2.75) is 13.0 Å². The number of carbonyl (C=O) groups excluding carboxylic acids is 2. The van der Waals surface area contributed by atoms with Crippen molar-refractivity contribution in [2.75, 3.05) is 34.3 Å². The average Bonchev–Trinajstić information content (AvgIpc) is 2.69. The molecule has 0 aliphatic carbocycles. The Bertz CT molecular complexity index is 777. The Morgan fingerprint density at radius 1 is 1.07 bits per heavy atom. The second-order valence-corrected chi connectivity index (χ2v) is 6.37. The van der Waals surface area contributed by atoms with Gasteiger partial charge in [0.05, 0.1) is 18.2 Å². The Morgan fingerprint density at radius 3 is 2.41 bits per heavy atom. The molecule has 144 valence electrons. The molecule has 0 aliphatic heterocycles. The maximum Gasteiger partial charge on any atom is 0.253 e. The molecule has 0 aliphatic rings. The summed E-state index contributed by atoms with van der Waals surface area (Å²) in [6, 6.07) is 9.02. The highest BCUT2D eigenvalue weighted by Gasteiger charge is 2.12. The number of hydrogen-bond acceptors (Lipinski definition) is 5. The maximum absolute atomic E-state index is 12.4. The summed E-state index contributed by atoms with van der Waals surface area (Å²) >= 11 is 0. The average molecular weight is 370 g/mol. The van der Waals surface area contributed by atoms with Crippen molar-refractivity contribution < 1.29 is 14.3 Å². The van der Waals surface area contributed by atoms with E-state index in [1.165, 1.54) is 12.4 Å². The van der Waals surface area contributed by atoms with Gasteiger partial charge in [-0.2, -0.15) is 0 Å². The summed E-state index contributed by atoms with van der Waals surface area (Å²) in [5, 5.41) is 5.66. The first-order valence-electron chi connectivity index (χ1n) is 8.79. The number of benzene rings is 1. The highest BCUT2D eigenvalue weighted by molar-refractivity contribution is 5.99. The molecule has 0 fully saturated rings. The van der Waals surface area contributed by atoms with Crippen LogP contribution in [-0.4, -0.2) is 56.0 Å². The number of carbonyl (C=O) groups is 2. The third-order valence-electron chi connectivity index (χ3n) is 3.96. The van der Waals surface area contributed by atoms with Crippen LogP contribution in [0.25, 0.3) is 0 Å².